The Labute approximate surface area is 179 Å². The molecule has 0 fully saturated rings. The predicted molar refractivity (Wildman–Crippen MR) is 116 cm³/mol. The SMILES string of the molecule is CC[C@@H]1CCc2c(sc(NC(=O)COCC(=O)O)c2C(=O)Nc2ccccc2C)C1. The van der Waals surface area contributed by atoms with Crippen LogP contribution in [0.4, 0.5) is 10.7 Å². The van der Waals surface area contributed by atoms with Crippen LogP contribution in [0.1, 0.15) is 46.1 Å². The molecule has 3 N–H and O–H groups in total. The molecule has 7 nitrogen and oxygen atoms in total. The van der Waals surface area contributed by atoms with E-state index in [1.54, 1.807) is 0 Å². The Hall–Kier alpha value is -2.71. The van der Waals surface area contributed by atoms with Crippen LogP contribution in [0.25, 0.3) is 0 Å². The van der Waals surface area contributed by atoms with Gasteiger partial charge in [0.2, 0.25) is 0 Å². The van der Waals surface area contributed by atoms with E-state index < -0.39 is 18.5 Å². The van der Waals surface area contributed by atoms with Crippen molar-refractivity contribution in [2.24, 2.45) is 5.92 Å². The molecule has 3 rings (SSSR count). The van der Waals surface area contributed by atoms with Crippen LogP contribution in [0.15, 0.2) is 24.3 Å². The summed E-state index contributed by atoms with van der Waals surface area (Å²) < 4.78 is 4.87. The van der Waals surface area contributed by atoms with E-state index in [1.165, 1.54) is 11.3 Å². The van der Waals surface area contributed by atoms with Crippen molar-refractivity contribution in [1.29, 1.82) is 0 Å². The number of carboxylic acids is 1. The molecule has 1 aliphatic rings. The van der Waals surface area contributed by atoms with Crippen molar-refractivity contribution in [2.75, 3.05) is 23.8 Å². The number of thiophene rings is 1. The lowest BCUT2D eigenvalue weighted by atomic mass is 9.85. The third kappa shape index (κ3) is 5.25. The zero-order valence-electron chi connectivity index (χ0n) is 17.1. The Morgan fingerprint density at radius 2 is 1.97 bits per heavy atom. The number of fused-ring (bicyclic) bond motifs is 1. The molecule has 1 heterocycles. The van der Waals surface area contributed by atoms with Crippen molar-refractivity contribution in [3.8, 4) is 0 Å². The Morgan fingerprint density at radius 1 is 1.20 bits per heavy atom. The van der Waals surface area contributed by atoms with Crippen LogP contribution in [0.3, 0.4) is 0 Å². The molecule has 8 heteroatoms. The summed E-state index contributed by atoms with van der Waals surface area (Å²) in [6.07, 6.45) is 3.78. The second-order valence-electron chi connectivity index (χ2n) is 7.43. The predicted octanol–water partition coefficient (Wildman–Crippen LogP) is 3.86. The van der Waals surface area contributed by atoms with Crippen molar-refractivity contribution in [2.45, 2.75) is 39.5 Å². The van der Waals surface area contributed by atoms with Gasteiger partial charge in [0.05, 0.1) is 5.56 Å². The van der Waals surface area contributed by atoms with Crippen molar-refractivity contribution in [3.63, 3.8) is 0 Å². The summed E-state index contributed by atoms with van der Waals surface area (Å²) in [6.45, 7) is 3.16. The number of nitrogens with one attached hydrogen (secondary N) is 2. The molecular weight excluding hydrogens is 404 g/mol. The molecule has 2 aromatic rings. The normalized spacial score (nSPS) is 15.3. The minimum absolute atomic E-state index is 0.251. The lowest BCUT2D eigenvalue weighted by Crippen LogP contribution is -2.23. The largest absolute Gasteiger partial charge is 0.480 e. The number of carbonyl (C=O) groups excluding carboxylic acids is 2. The van der Waals surface area contributed by atoms with Crippen molar-refractivity contribution >= 4 is 39.8 Å². The highest BCUT2D eigenvalue weighted by molar-refractivity contribution is 7.17. The van der Waals surface area contributed by atoms with E-state index in [0.717, 1.165) is 47.4 Å². The monoisotopic (exact) mass is 430 g/mol. The number of para-hydroxylation sites is 1. The maximum absolute atomic E-state index is 13.2. The number of hydrogen-bond donors (Lipinski definition) is 3. The van der Waals surface area contributed by atoms with Gasteiger partial charge in [0.15, 0.2) is 0 Å². The first-order valence-electron chi connectivity index (χ1n) is 9.99. The average Bonchev–Trinajstić information content (AvgIpc) is 3.06. The van der Waals surface area contributed by atoms with Crippen molar-refractivity contribution < 1.29 is 24.2 Å². The molecule has 0 unspecified atom stereocenters. The summed E-state index contributed by atoms with van der Waals surface area (Å²) >= 11 is 1.43. The highest BCUT2D eigenvalue weighted by Crippen LogP contribution is 2.40. The number of ether oxygens (including phenoxy) is 1. The molecule has 0 radical (unpaired) electrons. The van der Waals surface area contributed by atoms with Crippen LogP contribution >= 0.6 is 11.3 Å². The van der Waals surface area contributed by atoms with E-state index in [-0.39, 0.29) is 12.5 Å². The summed E-state index contributed by atoms with van der Waals surface area (Å²) in [5.41, 5.74) is 3.18. The zero-order chi connectivity index (χ0) is 21.7. The molecule has 0 bridgehead atoms. The molecule has 0 saturated heterocycles. The van der Waals surface area contributed by atoms with Gasteiger partial charge < -0.3 is 20.5 Å². The van der Waals surface area contributed by atoms with Crippen LogP contribution in [0, 0.1) is 12.8 Å². The van der Waals surface area contributed by atoms with Crippen LogP contribution < -0.4 is 10.6 Å². The summed E-state index contributed by atoms with van der Waals surface area (Å²) in [5, 5.41) is 14.9. The van der Waals surface area contributed by atoms with E-state index in [0.29, 0.717) is 16.5 Å². The average molecular weight is 431 g/mol. The first kappa shape index (κ1) is 22.0. The number of benzene rings is 1. The Morgan fingerprint density at radius 3 is 2.67 bits per heavy atom. The molecule has 1 aliphatic carbocycles. The van der Waals surface area contributed by atoms with Gasteiger partial charge in [-0.25, -0.2) is 4.79 Å². The fourth-order valence-corrected chi connectivity index (χ4v) is 5.00. The molecule has 0 saturated carbocycles. The molecule has 2 amide bonds. The maximum atomic E-state index is 13.2. The van der Waals surface area contributed by atoms with Gasteiger partial charge in [-0.3, -0.25) is 9.59 Å². The lowest BCUT2D eigenvalue weighted by molar-refractivity contribution is -0.143. The van der Waals surface area contributed by atoms with Crippen molar-refractivity contribution in [3.05, 3.63) is 45.8 Å². The second-order valence-corrected chi connectivity index (χ2v) is 8.53. The molecule has 1 aromatic heterocycles. The fraction of sp³-hybridized carbons (Fsp3) is 0.409. The van der Waals surface area contributed by atoms with Gasteiger partial charge in [0.25, 0.3) is 11.8 Å². The van der Waals surface area contributed by atoms with E-state index in [4.69, 9.17) is 9.84 Å². The van der Waals surface area contributed by atoms with Crippen molar-refractivity contribution in [1.82, 2.24) is 0 Å². The van der Waals surface area contributed by atoms with Gasteiger partial charge in [-0.05, 0) is 49.3 Å². The first-order chi connectivity index (χ1) is 14.4. The van der Waals surface area contributed by atoms with Gasteiger partial charge in [-0.1, -0.05) is 31.5 Å². The maximum Gasteiger partial charge on any atom is 0.329 e. The number of hydrogen-bond acceptors (Lipinski definition) is 5. The number of rotatable bonds is 8. The van der Waals surface area contributed by atoms with Gasteiger partial charge in [-0.15, -0.1) is 11.3 Å². The minimum atomic E-state index is -1.14. The Balaban J connectivity index is 1.85. The summed E-state index contributed by atoms with van der Waals surface area (Å²) in [6, 6.07) is 7.54. The Kier molecular flexibility index (Phi) is 7.23. The number of aryl methyl sites for hydroxylation is 1. The molecule has 160 valence electrons. The molecule has 30 heavy (non-hydrogen) atoms. The summed E-state index contributed by atoms with van der Waals surface area (Å²) in [5.74, 6) is -1.30. The zero-order valence-corrected chi connectivity index (χ0v) is 17.9. The summed E-state index contributed by atoms with van der Waals surface area (Å²) in [7, 11) is 0. The molecule has 1 atom stereocenters. The Bertz CT molecular complexity index is 953. The highest BCUT2D eigenvalue weighted by atomic mass is 32.1. The van der Waals surface area contributed by atoms with Crippen LogP contribution in [-0.2, 0) is 27.2 Å². The third-order valence-corrected chi connectivity index (χ3v) is 6.45. The fourth-order valence-electron chi connectivity index (χ4n) is 3.62. The third-order valence-electron chi connectivity index (χ3n) is 5.28. The van der Waals surface area contributed by atoms with Crippen LogP contribution in [0.5, 0.6) is 0 Å². The standard InChI is InChI=1S/C22H26N2O5S/c1-3-14-8-9-15-17(10-14)30-22(24-18(25)11-29-12-19(26)27)20(15)21(28)23-16-7-5-4-6-13(16)2/h4-7,14H,3,8-12H2,1-2H3,(H,23,28)(H,24,25)(H,26,27)/t14-/m1/s1. The highest BCUT2D eigenvalue weighted by Gasteiger charge is 2.29. The topological polar surface area (TPSA) is 105 Å². The smallest absolute Gasteiger partial charge is 0.329 e. The number of aliphatic carboxylic acids is 1. The van der Waals surface area contributed by atoms with E-state index in [2.05, 4.69) is 17.6 Å². The number of anilines is 2. The molecule has 1 aromatic carbocycles. The number of carbonyl (C=O) groups is 3. The summed E-state index contributed by atoms with van der Waals surface area (Å²) in [4.78, 5) is 37.1. The first-order valence-corrected chi connectivity index (χ1v) is 10.8. The van der Waals surface area contributed by atoms with E-state index >= 15 is 0 Å². The van der Waals surface area contributed by atoms with Gasteiger partial charge >= 0.3 is 5.97 Å². The van der Waals surface area contributed by atoms with Gasteiger partial charge in [0.1, 0.15) is 18.2 Å². The quantitative estimate of drug-likeness (QED) is 0.590. The van der Waals surface area contributed by atoms with E-state index in [1.807, 2.05) is 31.2 Å². The molecule has 0 aliphatic heterocycles. The van der Waals surface area contributed by atoms with E-state index in [9.17, 15) is 14.4 Å². The molecular formula is C22H26N2O5S. The van der Waals surface area contributed by atoms with Gasteiger partial charge in [0, 0.05) is 10.6 Å². The van der Waals surface area contributed by atoms with Crippen LogP contribution in [-0.4, -0.2) is 36.1 Å². The number of carboxylic acid groups (broad SMARTS) is 1. The second kappa shape index (κ2) is 9.86. The minimum Gasteiger partial charge on any atom is -0.480 e. The number of amides is 2. The lowest BCUT2D eigenvalue weighted by Gasteiger charge is -2.21. The van der Waals surface area contributed by atoms with Gasteiger partial charge in [-0.2, -0.15) is 0 Å². The van der Waals surface area contributed by atoms with Crippen LogP contribution in [0.2, 0.25) is 0 Å². The molecule has 0 spiro atoms.